The van der Waals surface area contributed by atoms with Gasteiger partial charge in [-0.1, -0.05) is 19.1 Å². The third-order valence-corrected chi connectivity index (χ3v) is 3.45. The highest BCUT2D eigenvalue weighted by atomic mass is 16.5. The Hall–Kier alpha value is -1.02. The predicted octanol–water partition coefficient (Wildman–Crippen LogP) is 2.93. The Morgan fingerprint density at radius 3 is 2.94 bits per heavy atom. The summed E-state index contributed by atoms with van der Waals surface area (Å²) < 4.78 is 5.52. The Labute approximate surface area is 104 Å². The maximum atomic E-state index is 5.82. The van der Waals surface area contributed by atoms with Crippen LogP contribution < -0.4 is 10.5 Å². The van der Waals surface area contributed by atoms with Crippen molar-refractivity contribution in [1.82, 2.24) is 0 Å². The van der Waals surface area contributed by atoms with Gasteiger partial charge in [0.15, 0.2) is 0 Å². The summed E-state index contributed by atoms with van der Waals surface area (Å²) in [5.74, 6) is 1.79. The minimum absolute atomic E-state index is 0.318. The van der Waals surface area contributed by atoms with E-state index in [9.17, 15) is 0 Å². The van der Waals surface area contributed by atoms with Gasteiger partial charge in [-0.05, 0) is 49.3 Å². The fourth-order valence-electron chi connectivity index (χ4n) is 2.56. The van der Waals surface area contributed by atoms with E-state index in [0.29, 0.717) is 12.0 Å². The largest absolute Gasteiger partial charge is 0.493 e. The third-order valence-electron chi connectivity index (χ3n) is 3.45. The van der Waals surface area contributed by atoms with Crippen molar-refractivity contribution < 1.29 is 4.74 Å². The first-order valence-corrected chi connectivity index (χ1v) is 6.65. The van der Waals surface area contributed by atoms with E-state index in [0.717, 1.165) is 31.6 Å². The molecule has 0 aromatic heterocycles. The van der Waals surface area contributed by atoms with Gasteiger partial charge >= 0.3 is 0 Å². The zero-order chi connectivity index (χ0) is 12.3. The second-order valence-corrected chi connectivity index (χ2v) is 5.40. The van der Waals surface area contributed by atoms with Crippen LogP contribution in [0.4, 0.5) is 0 Å². The zero-order valence-corrected chi connectivity index (χ0v) is 10.9. The van der Waals surface area contributed by atoms with E-state index in [1.165, 1.54) is 17.5 Å². The minimum atomic E-state index is 0.318. The lowest BCUT2D eigenvalue weighted by Gasteiger charge is -2.13. The van der Waals surface area contributed by atoms with Gasteiger partial charge in [-0.2, -0.15) is 0 Å². The topological polar surface area (TPSA) is 35.2 Å². The summed E-state index contributed by atoms with van der Waals surface area (Å²) in [5, 5.41) is 0. The molecule has 0 saturated heterocycles. The van der Waals surface area contributed by atoms with Gasteiger partial charge in [-0.15, -0.1) is 0 Å². The molecule has 1 aromatic rings. The number of rotatable bonds is 5. The SMILES string of the molecule is CC(N)CC(C)CCc1ccc2c(c1)CCO2. The molecule has 1 aromatic carbocycles. The summed E-state index contributed by atoms with van der Waals surface area (Å²) in [6.45, 7) is 5.23. The fraction of sp³-hybridized carbons (Fsp3) is 0.600. The molecule has 1 aliphatic heterocycles. The quantitative estimate of drug-likeness (QED) is 0.848. The Kier molecular flexibility index (Phi) is 4.06. The molecule has 0 spiro atoms. The molecule has 2 atom stereocenters. The van der Waals surface area contributed by atoms with E-state index in [1.54, 1.807) is 0 Å². The number of ether oxygens (including phenoxy) is 1. The lowest BCUT2D eigenvalue weighted by molar-refractivity contribution is 0.357. The van der Waals surface area contributed by atoms with Crippen LogP contribution >= 0.6 is 0 Å². The van der Waals surface area contributed by atoms with Gasteiger partial charge in [0.2, 0.25) is 0 Å². The molecule has 0 radical (unpaired) electrons. The molecule has 17 heavy (non-hydrogen) atoms. The summed E-state index contributed by atoms with van der Waals surface area (Å²) in [7, 11) is 0. The van der Waals surface area contributed by atoms with Crippen LogP contribution in [0.1, 0.15) is 37.8 Å². The molecule has 94 valence electrons. The molecule has 0 bridgehead atoms. The number of benzene rings is 1. The van der Waals surface area contributed by atoms with Crippen LogP contribution in [0.15, 0.2) is 18.2 Å². The van der Waals surface area contributed by atoms with E-state index in [2.05, 4.69) is 32.0 Å². The molecule has 1 aliphatic rings. The Balaban J connectivity index is 1.87. The van der Waals surface area contributed by atoms with E-state index < -0.39 is 0 Å². The molecular weight excluding hydrogens is 210 g/mol. The van der Waals surface area contributed by atoms with Crippen LogP contribution in [0.25, 0.3) is 0 Å². The first kappa shape index (κ1) is 12.4. The van der Waals surface area contributed by atoms with Crippen molar-refractivity contribution in [3.63, 3.8) is 0 Å². The molecule has 2 nitrogen and oxygen atoms in total. The molecular formula is C15H23NO. The van der Waals surface area contributed by atoms with Gasteiger partial charge in [0.1, 0.15) is 5.75 Å². The van der Waals surface area contributed by atoms with Crippen molar-refractivity contribution in [2.45, 2.75) is 45.6 Å². The maximum Gasteiger partial charge on any atom is 0.122 e. The molecule has 2 N–H and O–H groups in total. The minimum Gasteiger partial charge on any atom is -0.493 e. The van der Waals surface area contributed by atoms with Crippen molar-refractivity contribution in [1.29, 1.82) is 0 Å². The summed E-state index contributed by atoms with van der Waals surface area (Å²) in [6.07, 6.45) is 4.56. The van der Waals surface area contributed by atoms with Crippen LogP contribution in [0, 0.1) is 5.92 Å². The van der Waals surface area contributed by atoms with E-state index >= 15 is 0 Å². The summed E-state index contributed by atoms with van der Waals surface area (Å²) in [6, 6.07) is 6.94. The lowest BCUT2D eigenvalue weighted by Crippen LogP contribution is -2.18. The van der Waals surface area contributed by atoms with Crippen LogP contribution in [-0.2, 0) is 12.8 Å². The second kappa shape index (κ2) is 5.54. The van der Waals surface area contributed by atoms with Gasteiger partial charge in [0, 0.05) is 12.5 Å². The number of hydrogen-bond donors (Lipinski definition) is 1. The zero-order valence-electron chi connectivity index (χ0n) is 10.9. The summed E-state index contributed by atoms with van der Waals surface area (Å²) in [5.41, 5.74) is 8.63. The smallest absolute Gasteiger partial charge is 0.122 e. The highest BCUT2D eigenvalue weighted by molar-refractivity contribution is 5.39. The number of hydrogen-bond acceptors (Lipinski definition) is 2. The first-order chi connectivity index (χ1) is 8.15. The molecule has 0 aliphatic carbocycles. The van der Waals surface area contributed by atoms with Gasteiger partial charge in [-0.3, -0.25) is 0 Å². The predicted molar refractivity (Wildman–Crippen MR) is 71.4 cm³/mol. The summed E-state index contributed by atoms with van der Waals surface area (Å²) >= 11 is 0. The monoisotopic (exact) mass is 233 g/mol. The number of aryl methyl sites for hydroxylation is 1. The highest BCUT2D eigenvalue weighted by Gasteiger charge is 2.12. The number of fused-ring (bicyclic) bond motifs is 1. The van der Waals surface area contributed by atoms with Gasteiger partial charge in [0.05, 0.1) is 6.61 Å². The van der Waals surface area contributed by atoms with E-state index in [-0.39, 0.29) is 0 Å². The van der Waals surface area contributed by atoms with E-state index in [1.807, 2.05) is 0 Å². The standard InChI is InChI=1S/C15H23NO/c1-11(9-12(2)16)3-4-13-5-6-15-14(10-13)7-8-17-15/h5-6,10-12H,3-4,7-9,16H2,1-2H3. The molecule has 0 amide bonds. The fourth-order valence-corrected chi connectivity index (χ4v) is 2.56. The van der Waals surface area contributed by atoms with Crippen LogP contribution in [0.3, 0.4) is 0 Å². The average molecular weight is 233 g/mol. The normalized spacial score (nSPS) is 17.4. The molecule has 1 heterocycles. The Morgan fingerprint density at radius 1 is 1.35 bits per heavy atom. The lowest BCUT2D eigenvalue weighted by atomic mass is 9.95. The molecule has 0 fully saturated rings. The maximum absolute atomic E-state index is 5.82. The van der Waals surface area contributed by atoms with Gasteiger partial charge < -0.3 is 10.5 Å². The van der Waals surface area contributed by atoms with Crippen molar-refractivity contribution in [3.05, 3.63) is 29.3 Å². The van der Waals surface area contributed by atoms with Crippen molar-refractivity contribution in [2.24, 2.45) is 11.7 Å². The third kappa shape index (κ3) is 3.47. The number of nitrogens with two attached hydrogens (primary N) is 1. The summed E-state index contributed by atoms with van der Waals surface area (Å²) in [4.78, 5) is 0. The van der Waals surface area contributed by atoms with Crippen LogP contribution in [-0.4, -0.2) is 12.6 Å². The molecule has 2 heteroatoms. The van der Waals surface area contributed by atoms with Crippen LogP contribution in [0.5, 0.6) is 5.75 Å². The van der Waals surface area contributed by atoms with Gasteiger partial charge in [-0.25, -0.2) is 0 Å². The Morgan fingerprint density at radius 2 is 2.18 bits per heavy atom. The van der Waals surface area contributed by atoms with Crippen LogP contribution in [0.2, 0.25) is 0 Å². The van der Waals surface area contributed by atoms with Crippen molar-refractivity contribution in [3.8, 4) is 5.75 Å². The Bertz CT molecular complexity index is 373. The van der Waals surface area contributed by atoms with Gasteiger partial charge in [0.25, 0.3) is 0 Å². The average Bonchev–Trinajstić information content (AvgIpc) is 2.72. The van der Waals surface area contributed by atoms with Crippen molar-refractivity contribution >= 4 is 0 Å². The highest BCUT2D eigenvalue weighted by Crippen LogP contribution is 2.26. The molecule has 2 rings (SSSR count). The second-order valence-electron chi connectivity index (χ2n) is 5.40. The van der Waals surface area contributed by atoms with Crippen molar-refractivity contribution in [2.75, 3.05) is 6.61 Å². The molecule has 0 saturated carbocycles. The molecule has 2 unspecified atom stereocenters. The first-order valence-electron chi connectivity index (χ1n) is 6.65. The van der Waals surface area contributed by atoms with E-state index in [4.69, 9.17) is 10.5 Å².